The summed E-state index contributed by atoms with van der Waals surface area (Å²) in [5, 5.41) is 2.53. The number of hydrogen-bond donors (Lipinski definition) is 1. The first-order valence-electron chi connectivity index (χ1n) is 10.6. The predicted octanol–water partition coefficient (Wildman–Crippen LogP) is 1.02. The monoisotopic (exact) mass is 473 g/mol. The molecule has 2 aromatic rings. The van der Waals surface area contributed by atoms with Crippen LogP contribution in [0.15, 0.2) is 60.7 Å². The van der Waals surface area contributed by atoms with Crippen LogP contribution in [0.3, 0.4) is 0 Å². The number of esters is 1. The first kappa shape index (κ1) is 24.4. The van der Waals surface area contributed by atoms with Gasteiger partial charge in [0, 0.05) is 31.7 Å². The first-order chi connectivity index (χ1) is 15.8. The molecular weight excluding hydrogens is 446 g/mol. The summed E-state index contributed by atoms with van der Waals surface area (Å²) in [4.78, 5) is 38.2. The van der Waals surface area contributed by atoms with Gasteiger partial charge in [0.25, 0.3) is 11.8 Å². The van der Waals surface area contributed by atoms with E-state index in [1.807, 2.05) is 6.07 Å². The van der Waals surface area contributed by atoms with E-state index in [2.05, 4.69) is 5.32 Å². The standard InChI is InChI=1S/C23H27N3O6S/c1-18(24-22(28)20-10-6-3-7-11-20)23(29)32-16-21(27)25-12-14-26(15-13-25)33(30,31)17-19-8-4-2-5-9-19/h2-11,18H,12-17H2,1H3,(H,24,28)/t18-/m0/s1. The molecule has 1 fully saturated rings. The number of benzene rings is 2. The fraction of sp³-hybridized carbons (Fsp3) is 0.348. The van der Waals surface area contributed by atoms with Crippen molar-refractivity contribution in [3.63, 3.8) is 0 Å². The molecular formula is C23H27N3O6S. The summed E-state index contributed by atoms with van der Waals surface area (Å²) in [6.07, 6.45) is 0. The van der Waals surface area contributed by atoms with E-state index in [4.69, 9.17) is 4.74 Å². The molecule has 9 nitrogen and oxygen atoms in total. The number of nitrogens with one attached hydrogen (secondary N) is 1. The lowest BCUT2D eigenvalue weighted by atomic mass is 10.2. The predicted molar refractivity (Wildman–Crippen MR) is 122 cm³/mol. The number of piperazine rings is 1. The van der Waals surface area contributed by atoms with E-state index < -0.39 is 40.5 Å². The van der Waals surface area contributed by atoms with Crippen LogP contribution in [0.25, 0.3) is 0 Å². The van der Waals surface area contributed by atoms with Crippen molar-refractivity contribution >= 4 is 27.8 Å². The van der Waals surface area contributed by atoms with Crippen LogP contribution in [-0.4, -0.2) is 74.2 Å². The molecule has 3 rings (SSSR count). The quantitative estimate of drug-likeness (QED) is 0.573. The molecule has 0 radical (unpaired) electrons. The lowest BCUT2D eigenvalue weighted by Gasteiger charge is -2.34. The Bertz CT molecular complexity index is 1070. The summed E-state index contributed by atoms with van der Waals surface area (Å²) in [6.45, 7) is 1.79. The Morgan fingerprint density at radius 2 is 1.52 bits per heavy atom. The zero-order valence-electron chi connectivity index (χ0n) is 18.3. The zero-order chi connectivity index (χ0) is 23.8. The second-order valence-corrected chi connectivity index (χ2v) is 9.66. The molecule has 0 aliphatic carbocycles. The summed E-state index contributed by atoms with van der Waals surface area (Å²) in [5.41, 5.74) is 1.12. The second-order valence-electron chi connectivity index (χ2n) is 7.69. The Kier molecular flexibility index (Phi) is 8.18. The van der Waals surface area contributed by atoms with E-state index in [-0.39, 0.29) is 31.9 Å². The molecule has 0 spiro atoms. The lowest BCUT2D eigenvalue weighted by molar-refractivity contribution is -0.153. The molecule has 0 aromatic heterocycles. The zero-order valence-corrected chi connectivity index (χ0v) is 19.2. The number of nitrogens with zero attached hydrogens (tertiary/aromatic N) is 2. The summed E-state index contributed by atoms with van der Waals surface area (Å²) < 4.78 is 31.7. The minimum atomic E-state index is -3.49. The van der Waals surface area contributed by atoms with E-state index in [0.29, 0.717) is 11.1 Å². The van der Waals surface area contributed by atoms with Gasteiger partial charge in [0.1, 0.15) is 6.04 Å². The molecule has 1 atom stereocenters. The van der Waals surface area contributed by atoms with Gasteiger partial charge in [0.15, 0.2) is 6.61 Å². The summed E-state index contributed by atoms with van der Waals surface area (Å²) >= 11 is 0. The summed E-state index contributed by atoms with van der Waals surface area (Å²) in [7, 11) is -3.49. The van der Waals surface area contributed by atoms with E-state index in [0.717, 1.165) is 0 Å². The van der Waals surface area contributed by atoms with Gasteiger partial charge in [0.05, 0.1) is 5.75 Å². The van der Waals surface area contributed by atoms with Crippen LogP contribution in [0, 0.1) is 0 Å². The molecule has 1 aliphatic heterocycles. The third-order valence-electron chi connectivity index (χ3n) is 5.25. The van der Waals surface area contributed by atoms with Gasteiger partial charge < -0.3 is 15.0 Å². The number of sulfonamides is 1. The molecule has 2 amide bonds. The molecule has 0 unspecified atom stereocenters. The highest BCUT2D eigenvalue weighted by atomic mass is 32.2. The fourth-order valence-corrected chi connectivity index (χ4v) is 4.89. The van der Waals surface area contributed by atoms with Gasteiger partial charge in [0.2, 0.25) is 10.0 Å². The molecule has 2 aromatic carbocycles. The van der Waals surface area contributed by atoms with Crippen molar-refractivity contribution in [1.82, 2.24) is 14.5 Å². The van der Waals surface area contributed by atoms with Crippen molar-refractivity contribution in [3.05, 3.63) is 71.8 Å². The number of amides is 2. The SMILES string of the molecule is C[C@H](NC(=O)c1ccccc1)C(=O)OCC(=O)N1CCN(S(=O)(=O)Cc2ccccc2)CC1. The van der Waals surface area contributed by atoms with Crippen molar-refractivity contribution < 1.29 is 27.5 Å². The third kappa shape index (κ3) is 6.87. The molecule has 0 saturated carbocycles. The van der Waals surface area contributed by atoms with Crippen LogP contribution in [0.1, 0.15) is 22.8 Å². The van der Waals surface area contributed by atoms with E-state index in [1.54, 1.807) is 54.6 Å². The van der Waals surface area contributed by atoms with E-state index >= 15 is 0 Å². The van der Waals surface area contributed by atoms with Gasteiger partial charge in [-0.1, -0.05) is 48.5 Å². The minimum Gasteiger partial charge on any atom is -0.454 e. The first-order valence-corrected chi connectivity index (χ1v) is 12.2. The van der Waals surface area contributed by atoms with Crippen molar-refractivity contribution in [2.24, 2.45) is 0 Å². The molecule has 10 heteroatoms. The normalized spacial score (nSPS) is 15.5. The van der Waals surface area contributed by atoms with Crippen molar-refractivity contribution in [2.45, 2.75) is 18.7 Å². The van der Waals surface area contributed by atoms with E-state index in [9.17, 15) is 22.8 Å². The highest BCUT2D eigenvalue weighted by molar-refractivity contribution is 7.88. The molecule has 1 heterocycles. The van der Waals surface area contributed by atoms with Crippen molar-refractivity contribution in [2.75, 3.05) is 32.8 Å². The number of hydrogen-bond acceptors (Lipinski definition) is 6. The molecule has 1 saturated heterocycles. The van der Waals surface area contributed by atoms with Crippen LogP contribution >= 0.6 is 0 Å². The number of carbonyl (C=O) groups is 3. The van der Waals surface area contributed by atoms with Gasteiger partial charge in [-0.2, -0.15) is 4.31 Å². The van der Waals surface area contributed by atoms with Gasteiger partial charge in [-0.05, 0) is 24.6 Å². The second kappa shape index (κ2) is 11.1. The third-order valence-corrected chi connectivity index (χ3v) is 7.10. The van der Waals surface area contributed by atoms with Crippen LogP contribution in [0.2, 0.25) is 0 Å². The number of carbonyl (C=O) groups excluding carboxylic acids is 3. The van der Waals surface area contributed by atoms with Crippen molar-refractivity contribution in [1.29, 1.82) is 0 Å². The van der Waals surface area contributed by atoms with Gasteiger partial charge in [-0.15, -0.1) is 0 Å². The van der Waals surface area contributed by atoms with E-state index in [1.165, 1.54) is 16.1 Å². The van der Waals surface area contributed by atoms with Crippen LogP contribution in [0.4, 0.5) is 0 Å². The molecule has 33 heavy (non-hydrogen) atoms. The van der Waals surface area contributed by atoms with Crippen molar-refractivity contribution in [3.8, 4) is 0 Å². The summed E-state index contributed by atoms with van der Waals surface area (Å²) in [6, 6.07) is 16.4. The topological polar surface area (TPSA) is 113 Å². The Morgan fingerprint density at radius 1 is 0.939 bits per heavy atom. The number of rotatable bonds is 8. The highest BCUT2D eigenvalue weighted by Crippen LogP contribution is 2.14. The number of ether oxygens (including phenoxy) is 1. The van der Waals surface area contributed by atoms with Gasteiger partial charge in [-0.25, -0.2) is 13.2 Å². The maximum atomic E-state index is 12.6. The Morgan fingerprint density at radius 3 is 2.12 bits per heavy atom. The average molecular weight is 474 g/mol. The fourth-order valence-electron chi connectivity index (χ4n) is 3.37. The Hall–Kier alpha value is -3.24. The van der Waals surface area contributed by atoms with Crippen LogP contribution in [-0.2, 0) is 30.1 Å². The van der Waals surface area contributed by atoms with Crippen LogP contribution < -0.4 is 5.32 Å². The molecule has 0 bridgehead atoms. The van der Waals surface area contributed by atoms with Crippen LogP contribution in [0.5, 0.6) is 0 Å². The maximum absolute atomic E-state index is 12.6. The lowest BCUT2D eigenvalue weighted by Crippen LogP contribution is -2.51. The Balaban J connectivity index is 1.42. The van der Waals surface area contributed by atoms with Gasteiger partial charge in [-0.3, -0.25) is 9.59 Å². The minimum absolute atomic E-state index is 0.0913. The molecule has 176 valence electrons. The largest absolute Gasteiger partial charge is 0.454 e. The molecule has 1 N–H and O–H groups in total. The molecule has 1 aliphatic rings. The Labute approximate surface area is 193 Å². The summed E-state index contributed by atoms with van der Waals surface area (Å²) in [5.74, 6) is -1.65. The smallest absolute Gasteiger partial charge is 0.328 e. The maximum Gasteiger partial charge on any atom is 0.328 e. The van der Waals surface area contributed by atoms with Gasteiger partial charge >= 0.3 is 5.97 Å². The average Bonchev–Trinajstić information content (AvgIpc) is 2.83. The highest BCUT2D eigenvalue weighted by Gasteiger charge is 2.29.